The summed E-state index contributed by atoms with van der Waals surface area (Å²) in [4.78, 5) is 30.0. The average Bonchev–Trinajstić information content (AvgIpc) is 3.11. The Labute approximate surface area is 164 Å². The molecule has 1 aromatic carbocycles. The van der Waals surface area contributed by atoms with Crippen LogP contribution >= 0.6 is 11.3 Å². The molecule has 2 aromatic rings. The highest BCUT2D eigenvalue weighted by atomic mass is 32.1. The van der Waals surface area contributed by atoms with Gasteiger partial charge in [0, 0.05) is 30.0 Å². The monoisotopic (exact) mass is 386 g/mol. The second kappa shape index (κ2) is 9.55. The first kappa shape index (κ1) is 19.4. The fourth-order valence-corrected chi connectivity index (χ4v) is 4.05. The van der Waals surface area contributed by atoms with Crippen molar-refractivity contribution in [3.05, 3.63) is 52.2 Å². The van der Waals surface area contributed by atoms with E-state index in [2.05, 4.69) is 0 Å². The van der Waals surface area contributed by atoms with Crippen molar-refractivity contribution in [3.63, 3.8) is 0 Å². The first-order chi connectivity index (χ1) is 13.2. The molecule has 1 aliphatic rings. The number of ether oxygens (including phenoxy) is 1. The summed E-state index contributed by atoms with van der Waals surface area (Å²) in [6.07, 6.45) is 3.49. The Kier molecular flexibility index (Phi) is 6.87. The maximum atomic E-state index is 13.1. The number of hydrogen-bond acceptors (Lipinski definition) is 4. The van der Waals surface area contributed by atoms with Crippen LogP contribution in [0.25, 0.3) is 0 Å². The van der Waals surface area contributed by atoms with Crippen LogP contribution in [0.4, 0.5) is 0 Å². The second-order valence-electron chi connectivity index (χ2n) is 6.77. The summed E-state index contributed by atoms with van der Waals surface area (Å²) in [5.74, 6) is 0.839. The zero-order chi connectivity index (χ0) is 19.1. The highest BCUT2D eigenvalue weighted by molar-refractivity contribution is 7.09. The molecule has 1 saturated heterocycles. The van der Waals surface area contributed by atoms with Crippen LogP contribution in [0.2, 0.25) is 0 Å². The van der Waals surface area contributed by atoms with E-state index in [-0.39, 0.29) is 18.4 Å². The van der Waals surface area contributed by atoms with E-state index in [0.29, 0.717) is 26.1 Å². The lowest BCUT2D eigenvalue weighted by molar-refractivity contribution is -0.140. The molecule has 1 fully saturated rings. The van der Waals surface area contributed by atoms with E-state index < -0.39 is 0 Å². The van der Waals surface area contributed by atoms with Crippen LogP contribution in [-0.4, -0.2) is 41.8 Å². The normalized spacial score (nSPS) is 14.7. The second-order valence-corrected chi connectivity index (χ2v) is 7.80. The van der Waals surface area contributed by atoms with E-state index in [1.807, 2.05) is 46.7 Å². The molecule has 2 heterocycles. The van der Waals surface area contributed by atoms with Gasteiger partial charge in [0.25, 0.3) is 0 Å². The first-order valence-corrected chi connectivity index (χ1v) is 10.2. The molecule has 144 valence electrons. The first-order valence-electron chi connectivity index (χ1n) is 9.37. The van der Waals surface area contributed by atoms with Crippen LogP contribution in [0.1, 0.15) is 36.1 Å². The molecule has 3 rings (SSSR count). The number of benzene rings is 1. The predicted molar refractivity (Wildman–Crippen MR) is 107 cm³/mol. The lowest BCUT2D eigenvalue weighted by Crippen LogP contribution is -2.42. The predicted octanol–water partition coefficient (Wildman–Crippen LogP) is 3.69. The molecular formula is C21H26N2O3S. The highest BCUT2D eigenvalue weighted by Gasteiger charge is 2.23. The number of nitrogens with zero attached hydrogens (tertiary/aromatic N) is 2. The highest BCUT2D eigenvalue weighted by Crippen LogP contribution is 2.22. The summed E-state index contributed by atoms with van der Waals surface area (Å²) in [5.41, 5.74) is 0.965. The molecule has 0 aliphatic carbocycles. The van der Waals surface area contributed by atoms with Gasteiger partial charge in [0.1, 0.15) is 5.75 Å². The van der Waals surface area contributed by atoms with Crippen LogP contribution in [0.5, 0.6) is 5.75 Å². The molecule has 0 bridgehead atoms. The van der Waals surface area contributed by atoms with Crippen LogP contribution in [0.3, 0.4) is 0 Å². The Morgan fingerprint density at radius 3 is 2.78 bits per heavy atom. The molecule has 0 atom stereocenters. The molecule has 5 nitrogen and oxygen atoms in total. The largest absolute Gasteiger partial charge is 0.496 e. The summed E-state index contributed by atoms with van der Waals surface area (Å²) in [7, 11) is 1.64. The lowest BCUT2D eigenvalue weighted by atomic mass is 10.2. The molecule has 1 aromatic heterocycles. The van der Waals surface area contributed by atoms with Gasteiger partial charge < -0.3 is 14.5 Å². The van der Waals surface area contributed by atoms with Crippen molar-refractivity contribution in [2.75, 3.05) is 20.2 Å². The van der Waals surface area contributed by atoms with Gasteiger partial charge in [-0.15, -0.1) is 11.3 Å². The maximum Gasteiger partial charge on any atom is 0.242 e. The van der Waals surface area contributed by atoms with Gasteiger partial charge in [0.05, 0.1) is 20.2 Å². The summed E-state index contributed by atoms with van der Waals surface area (Å²) >= 11 is 1.63. The number of thiophene rings is 1. The molecule has 1 aliphatic heterocycles. The third kappa shape index (κ3) is 5.32. The smallest absolute Gasteiger partial charge is 0.242 e. The van der Waals surface area contributed by atoms with Crippen molar-refractivity contribution in [3.8, 4) is 5.75 Å². The van der Waals surface area contributed by atoms with Crippen molar-refractivity contribution in [2.45, 2.75) is 38.8 Å². The maximum absolute atomic E-state index is 13.1. The number of amides is 2. The zero-order valence-corrected chi connectivity index (χ0v) is 16.5. The van der Waals surface area contributed by atoms with Gasteiger partial charge in [-0.2, -0.15) is 0 Å². The van der Waals surface area contributed by atoms with Gasteiger partial charge in [-0.25, -0.2) is 0 Å². The van der Waals surface area contributed by atoms with Crippen molar-refractivity contribution >= 4 is 23.2 Å². The van der Waals surface area contributed by atoms with E-state index in [0.717, 1.165) is 35.5 Å². The summed E-state index contributed by atoms with van der Waals surface area (Å²) in [6, 6.07) is 11.8. The van der Waals surface area contributed by atoms with E-state index in [4.69, 9.17) is 4.74 Å². The Morgan fingerprint density at radius 1 is 1.15 bits per heavy atom. The molecule has 0 spiro atoms. The number of para-hydroxylation sites is 1. The molecule has 0 radical (unpaired) electrons. The van der Waals surface area contributed by atoms with Crippen LogP contribution in [0.15, 0.2) is 41.8 Å². The van der Waals surface area contributed by atoms with Gasteiger partial charge in [0.2, 0.25) is 11.8 Å². The average molecular weight is 387 g/mol. The third-order valence-corrected chi connectivity index (χ3v) is 5.69. The zero-order valence-electron chi connectivity index (χ0n) is 15.7. The molecule has 0 N–H and O–H groups in total. The molecular weight excluding hydrogens is 360 g/mol. The van der Waals surface area contributed by atoms with Crippen molar-refractivity contribution < 1.29 is 14.3 Å². The van der Waals surface area contributed by atoms with E-state index in [9.17, 15) is 9.59 Å². The summed E-state index contributed by atoms with van der Waals surface area (Å²) < 4.78 is 5.44. The minimum atomic E-state index is -0.0236. The molecule has 0 unspecified atom stereocenters. The standard InChI is InChI=1S/C21H26N2O3S/c1-26-19-10-5-4-8-17(19)14-23(15-18-9-7-13-27-18)21(25)16-22-12-6-2-3-11-20(22)24/h4-5,7-10,13H,2-3,6,11-12,14-16H2,1H3. The fourth-order valence-electron chi connectivity index (χ4n) is 3.33. The Morgan fingerprint density at radius 2 is 2.00 bits per heavy atom. The quantitative estimate of drug-likeness (QED) is 0.729. The molecule has 0 saturated carbocycles. The van der Waals surface area contributed by atoms with Gasteiger partial charge in [0.15, 0.2) is 0 Å². The SMILES string of the molecule is COc1ccccc1CN(Cc1cccs1)C(=O)CN1CCCCCC1=O. The van der Waals surface area contributed by atoms with Gasteiger partial charge in [-0.1, -0.05) is 30.7 Å². The molecule has 27 heavy (non-hydrogen) atoms. The fraction of sp³-hybridized carbons (Fsp3) is 0.429. The third-order valence-electron chi connectivity index (χ3n) is 4.83. The van der Waals surface area contributed by atoms with Crippen LogP contribution in [0, 0.1) is 0 Å². The van der Waals surface area contributed by atoms with Gasteiger partial charge >= 0.3 is 0 Å². The Bertz CT molecular complexity index is 761. The lowest BCUT2D eigenvalue weighted by Gasteiger charge is -2.27. The van der Waals surface area contributed by atoms with Gasteiger partial charge in [-0.3, -0.25) is 9.59 Å². The van der Waals surface area contributed by atoms with E-state index >= 15 is 0 Å². The van der Waals surface area contributed by atoms with Crippen molar-refractivity contribution in [1.82, 2.24) is 9.80 Å². The summed E-state index contributed by atoms with van der Waals surface area (Å²) in [5, 5.41) is 2.01. The van der Waals surface area contributed by atoms with E-state index in [1.165, 1.54) is 0 Å². The van der Waals surface area contributed by atoms with Crippen molar-refractivity contribution in [2.24, 2.45) is 0 Å². The Balaban J connectivity index is 1.76. The van der Waals surface area contributed by atoms with Crippen LogP contribution in [-0.2, 0) is 22.7 Å². The Hall–Kier alpha value is -2.34. The number of carbonyl (C=O) groups is 2. The molecule has 6 heteroatoms. The number of carbonyl (C=O) groups excluding carboxylic acids is 2. The van der Waals surface area contributed by atoms with Gasteiger partial charge in [-0.05, 0) is 30.4 Å². The minimum absolute atomic E-state index is 0.0236. The minimum Gasteiger partial charge on any atom is -0.496 e. The number of rotatable bonds is 7. The number of hydrogen-bond donors (Lipinski definition) is 0. The molecule has 2 amide bonds. The van der Waals surface area contributed by atoms with Crippen LogP contribution < -0.4 is 4.74 Å². The van der Waals surface area contributed by atoms with E-state index in [1.54, 1.807) is 23.3 Å². The van der Waals surface area contributed by atoms with Crippen molar-refractivity contribution in [1.29, 1.82) is 0 Å². The topological polar surface area (TPSA) is 49.9 Å². The number of likely N-dealkylation sites (tertiary alicyclic amines) is 1. The number of methoxy groups -OCH3 is 1. The summed E-state index contributed by atoms with van der Waals surface area (Å²) in [6.45, 7) is 1.82.